The average Bonchev–Trinajstić information content (AvgIpc) is 2.97. The van der Waals surface area contributed by atoms with Crippen LogP contribution < -0.4 is 5.32 Å². The van der Waals surface area contributed by atoms with Crippen LogP contribution in [0.1, 0.15) is 64.7 Å². The van der Waals surface area contributed by atoms with Crippen LogP contribution in [0.5, 0.6) is 0 Å². The van der Waals surface area contributed by atoms with E-state index in [2.05, 4.69) is 17.1 Å². The van der Waals surface area contributed by atoms with E-state index in [4.69, 9.17) is 0 Å². The number of nitrogens with one attached hydrogen (secondary N) is 1. The van der Waals surface area contributed by atoms with Gasteiger partial charge in [-0.2, -0.15) is 0 Å². The standard InChI is InChI=1S/C16H28N2O/c1-2-5-14-16(19)18(11-10-12-8-9-12)15(17-14)13-6-3-4-7-13/h12-15,17H,2-11H2,1H3. The molecule has 0 aromatic heterocycles. The van der Waals surface area contributed by atoms with Gasteiger partial charge in [0, 0.05) is 6.54 Å². The SMILES string of the molecule is CCCC1NC(C2CCCC2)N(CCC2CC2)C1=O. The Labute approximate surface area is 117 Å². The molecule has 1 amide bonds. The van der Waals surface area contributed by atoms with Crippen molar-refractivity contribution in [3.63, 3.8) is 0 Å². The minimum atomic E-state index is 0.106. The quantitative estimate of drug-likeness (QED) is 0.800. The summed E-state index contributed by atoms with van der Waals surface area (Å²) in [4.78, 5) is 14.8. The second-order valence-electron chi connectivity index (χ2n) is 6.76. The van der Waals surface area contributed by atoms with E-state index in [0.717, 1.165) is 25.3 Å². The van der Waals surface area contributed by atoms with Crippen molar-refractivity contribution in [2.75, 3.05) is 6.54 Å². The number of hydrogen-bond acceptors (Lipinski definition) is 2. The predicted octanol–water partition coefficient (Wildman–Crippen LogP) is 2.90. The molecule has 1 heterocycles. The van der Waals surface area contributed by atoms with Gasteiger partial charge in [0.05, 0.1) is 12.2 Å². The molecule has 2 saturated carbocycles. The molecular weight excluding hydrogens is 236 g/mol. The zero-order chi connectivity index (χ0) is 13.2. The Morgan fingerprint density at radius 3 is 2.53 bits per heavy atom. The maximum absolute atomic E-state index is 12.6. The lowest BCUT2D eigenvalue weighted by atomic mass is 10.0. The molecule has 0 aromatic rings. The molecular formula is C16H28N2O. The number of hydrogen-bond donors (Lipinski definition) is 1. The first kappa shape index (κ1) is 13.4. The fourth-order valence-electron chi connectivity index (χ4n) is 3.84. The van der Waals surface area contributed by atoms with Crippen molar-refractivity contribution in [1.29, 1.82) is 0 Å². The fourth-order valence-corrected chi connectivity index (χ4v) is 3.84. The van der Waals surface area contributed by atoms with Crippen LogP contribution in [0.2, 0.25) is 0 Å². The van der Waals surface area contributed by atoms with Gasteiger partial charge in [-0.25, -0.2) is 0 Å². The molecule has 2 aliphatic carbocycles. The predicted molar refractivity (Wildman–Crippen MR) is 76.6 cm³/mol. The molecule has 19 heavy (non-hydrogen) atoms. The molecule has 1 saturated heterocycles. The lowest BCUT2D eigenvalue weighted by molar-refractivity contribution is -0.130. The summed E-state index contributed by atoms with van der Waals surface area (Å²) in [5, 5.41) is 3.65. The van der Waals surface area contributed by atoms with Gasteiger partial charge in [-0.1, -0.05) is 39.0 Å². The van der Waals surface area contributed by atoms with Crippen LogP contribution in [0, 0.1) is 11.8 Å². The van der Waals surface area contributed by atoms with Crippen molar-refractivity contribution >= 4 is 5.91 Å². The highest BCUT2D eigenvalue weighted by Gasteiger charge is 2.42. The Balaban J connectivity index is 1.64. The third-order valence-corrected chi connectivity index (χ3v) is 5.19. The molecule has 0 radical (unpaired) electrons. The van der Waals surface area contributed by atoms with Gasteiger partial charge in [0.2, 0.25) is 5.91 Å². The van der Waals surface area contributed by atoms with Gasteiger partial charge in [0.25, 0.3) is 0 Å². The molecule has 3 aliphatic rings. The Kier molecular flexibility index (Phi) is 4.11. The summed E-state index contributed by atoms with van der Waals surface area (Å²) in [6.07, 6.45) is 11.8. The molecule has 1 N–H and O–H groups in total. The summed E-state index contributed by atoms with van der Waals surface area (Å²) in [5.41, 5.74) is 0. The number of carbonyl (C=O) groups excluding carboxylic acids is 1. The van der Waals surface area contributed by atoms with Gasteiger partial charge in [-0.05, 0) is 37.5 Å². The van der Waals surface area contributed by atoms with Crippen LogP contribution >= 0.6 is 0 Å². The van der Waals surface area contributed by atoms with E-state index in [9.17, 15) is 4.79 Å². The van der Waals surface area contributed by atoms with Crippen molar-refractivity contribution in [1.82, 2.24) is 10.2 Å². The van der Waals surface area contributed by atoms with E-state index < -0.39 is 0 Å². The van der Waals surface area contributed by atoms with Crippen LogP contribution in [-0.2, 0) is 4.79 Å². The zero-order valence-corrected chi connectivity index (χ0v) is 12.2. The fraction of sp³-hybridized carbons (Fsp3) is 0.938. The molecule has 0 spiro atoms. The second kappa shape index (κ2) is 5.82. The van der Waals surface area contributed by atoms with E-state index in [0.29, 0.717) is 18.0 Å². The highest BCUT2D eigenvalue weighted by atomic mass is 16.2. The van der Waals surface area contributed by atoms with Crippen LogP contribution in [0.3, 0.4) is 0 Å². The van der Waals surface area contributed by atoms with Crippen molar-refractivity contribution < 1.29 is 4.79 Å². The Bertz CT molecular complexity index is 321. The Morgan fingerprint density at radius 2 is 1.89 bits per heavy atom. The number of rotatable bonds is 6. The van der Waals surface area contributed by atoms with Gasteiger partial charge in [0.1, 0.15) is 0 Å². The molecule has 0 aromatic carbocycles. The summed E-state index contributed by atoms with van der Waals surface area (Å²) in [6, 6.07) is 0.106. The minimum Gasteiger partial charge on any atom is -0.326 e. The van der Waals surface area contributed by atoms with Crippen molar-refractivity contribution in [3.05, 3.63) is 0 Å². The third-order valence-electron chi connectivity index (χ3n) is 5.19. The summed E-state index contributed by atoms with van der Waals surface area (Å²) >= 11 is 0. The van der Waals surface area contributed by atoms with E-state index in [-0.39, 0.29) is 6.04 Å². The van der Waals surface area contributed by atoms with Crippen molar-refractivity contribution in [2.24, 2.45) is 11.8 Å². The topological polar surface area (TPSA) is 32.3 Å². The average molecular weight is 264 g/mol. The van der Waals surface area contributed by atoms with E-state index in [1.807, 2.05) is 0 Å². The molecule has 3 fully saturated rings. The van der Waals surface area contributed by atoms with Gasteiger partial charge < -0.3 is 4.90 Å². The number of amides is 1. The highest BCUT2D eigenvalue weighted by molar-refractivity contribution is 5.84. The molecule has 3 heteroatoms. The summed E-state index contributed by atoms with van der Waals surface area (Å²) < 4.78 is 0. The lowest BCUT2D eigenvalue weighted by Crippen LogP contribution is -2.43. The highest BCUT2D eigenvalue weighted by Crippen LogP contribution is 2.36. The van der Waals surface area contributed by atoms with Gasteiger partial charge >= 0.3 is 0 Å². The van der Waals surface area contributed by atoms with Crippen LogP contribution in [-0.4, -0.2) is 29.6 Å². The second-order valence-corrected chi connectivity index (χ2v) is 6.76. The minimum absolute atomic E-state index is 0.106. The summed E-state index contributed by atoms with van der Waals surface area (Å²) in [5.74, 6) is 2.02. The maximum Gasteiger partial charge on any atom is 0.241 e. The lowest BCUT2D eigenvalue weighted by Gasteiger charge is -2.29. The molecule has 0 bridgehead atoms. The van der Waals surface area contributed by atoms with Crippen LogP contribution in [0.4, 0.5) is 0 Å². The van der Waals surface area contributed by atoms with E-state index in [1.54, 1.807) is 0 Å². The Morgan fingerprint density at radius 1 is 1.16 bits per heavy atom. The van der Waals surface area contributed by atoms with Crippen molar-refractivity contribution in [2.45, 2.75) is 76.9 Å². The Hall–Kier alpha value is -0.570. The largest absolute Gasteiger partial charge is 0.326 e. The van der Waals surface area contributed by atoms with E-state index in [1.165, 1.54) is 44.9 Å². The van der Waals surface area contributed by atoms with Gasteiger partial charge in [0.15, 0.2) is 0 Å². The maximum atomic E-state index is 12.6. The van der Waals surface area contributed by atoms with Gasteiger partial charge in [-0.15, -0.1) is 0 Å². The summed E-state index contributed by atoms with van der Waals surface area (Å²) in [7, 11) is 0. The third kappa shape index (κ3) is 2.96. The molecule has 1 aliphatic heterocycles. The van der Waals surface area contributed by atoms with E-state index >= 15 is 0 Å². The summed E-state index contributed by atoms with van der Waals surface area (Å²) in [6.45, 7) is 3.17. The monoisotopic (exact) mass is 264 g/mol. The number of carbonyl (C=O) groups is 1. The van der Waals surface area contributed by atoms with Crippen LogP contribution in [0.25, 0.3) is 0 Å². The van der Waals surface area contributed by atoms with Crippen molar-refractivity contribution in [3.8, 4) is 0 Å². The normalized spacial score (nSPS) is 32.5. The first-order valence-electron chi connectivity index (χ1n) is 8.36. The molecule has 2 atom stereocenters. The molecule has 2 unspecified atom stereocenters. The first-order chi connectivity index (χ1) is 9.29. The molecule has 3 nitrogen and oxygen atoms in total. The first-order valence-corrected chi connectivity index (χ1v) is 8.36. The van der Waals surface area contributed by atoms with Gasteiger partial charge in [-0.3, -0.25) is 10.1 Å². The van der Waals surface area contributed by atoms with Crippen LogP contribution in [0.15, 0.2) is 0 Å². The molecule has 108 valence electrons. The number of nitrogens with zero attached hydrogens (tertiary/aromatic N) is 1. The molecule has 3 rings (SSSR count). The smallest absolute Gasteiger partial charge is 0.241 e. The zero-order valence-electron chi connectivity index (χ0n) is 12.2.